The largest absolute Gasteiger partial charge is 0.469 e. The van der Waals surface area contributed by atoms with Crippen LogP contribution in [0.15, 0.2) is 45.3 Å². The smallest absolute Gasteiger partial charge is 0.320 e. The minimum absolute atomic E-state index is 0.0673. The van der Waals surface area contributed by atoms with Gasteiger partial charge in [0.1, 0.15) is 11.5 Å². The molecule has 0 spiro atoms. The molecule has 1 unspecified atom stereocenters. The number of allylic oxidation sites excluding steroid dienone is 3. The molecule has 1 saturated carbocycles. The second-order valence-corrected chi connectivity index (χ2v) is 8.98. The second-order valence-electron chi connectivity index (χ2n) is 8.98. The number of aromatic nitrogens is 2. The van der Waals surface area contributed by atoms with Gasteiger partial charge in [-0.3, -0.25) is 9.59 Å². The average molecular weight is 519 g/mol. The second kappa shape index (κ2) is 11.4. The average Bonchev–Trinajstić information content (AvgIpc) is 3.36. The molecule has 37 heavy (non-hydrogen) atoms. The van der Waals surface area contributed by atoms with Crippen LogP contribution < -0.4 is 10.6 Å². The molecule has 1 aromatic carbocycles. The zero-order valence-corrected chi connectivity index (χ0v) is 19.8. The lowest BCUT2D eigenvalue weighted by Gasteiger charge is -2.33. The summed E-state index contributed by atoms with van der Waals surface area (Å²) in [5.41, 5.74) is -0.112. The molecule has 1 aromatic heterocycles. The van der Waals surface area contributed by atoms with Gasteiger partial charge >= 0.3 is 23.8 Å². The van der Waals surface area contributed by atoms with Crippen LogP contribution in [0, 0.1) is 40.1 Å². The highest BCUT2D eigenvalue weighted by Crippen LogP contribution is 2.40. The van der Waals surface area contributed by atoms with Crippen LogP contribution >= 0.6 is 0 Å². The van der Waals surface area contributed by atoms with Gasteiger partial charge in [0, 0.05) is 25.0 Å². The van der Waals surface area contributed by atoms with E-state index in [1.807, 2.05) is 6.08 Å². The lowest BCUT2D eigenvalue weighted by molar-refractivity contribution is -0.142. The van der Waals surface area contributed by atoms with Crippen molar-refractivity contribution in [1.29, 1.82) is 0 Å². The molecule has 196 valence electrons. The fourth-order valence-electron chi connectivity index (χ4n) is 4.66. The monoisotopic (exact) mass is 519 g/mol. The molecule has 1 fully saturated rings. The van der Waals surface area contributed by atoms with Crippen LogP contribution in [-0.2, 0) is 9.53 Å². The fourth-order valence-corrected chi connectivity index (χ4v) is 4.66. The van der Waals surface area contributed by atoms with Gasteiger partial charge in [0.05, 0.1) is 18.5 Å². The maximum absolute atomic E-state index is 13.8. The predicted octanol–water partition coefficient (Wildman–Crippen LogP) is 4.88. The van der Waals surface area contributed by atoms with E-state index in [0.29, 0.717) is 30.9 Å². The van der Waals surface area contributed by atoms with E-state index < -0.39 is 41.0 Å². The normalized spacial score (nSPS) is 21.5. The van der Waals surface area contributed by atoms with Crippen molar-refractivity contribution in [2.24, 2.45) is 22.9 Å². The Morgan fingerprint density at radius 2 is 1.84 bits per heavy atom. The molecule has 2 aliphatic carbocycles. The molecule has 1 amide bonds. The summed E-state index contributed by atoms with van der Waals surface area (Å²) in [6, 6.07) is 0.481. The first kappa shape index (κ1) is 26.0. The molecule has 2 N–H and O–H groups in total. The number of carbonyl (C=O) groups excluding carboxylic acids is 2. The highest BCUT2D eigenvalue weighted by Gasteiger charge is 2.31. The maximum atomic E-state index is 13.8. The van der Waals surface area contributed by atoms with Gasteiger partial charge in [-0.05, 0) is 54.7 Å². The lowest BCUT2D eigenvalue weighted by Crippen LogP contribution is -2.28. The Morgan fingerprint density at radius 3 is 2.54 bits per heavy atom. The Morgan fingerprint density at radius 1 is 1.11 bits per heavy atom. The van der Waals surface area contributed by atoms with E-state index in [2.05, 4.69) is 26.0 Å². The number of anilines is 2. The standard InChI is InChI=1S/C24H24F3N5O5/c1-36-21(33)8-12-2-4-13(5-3-12)14-6-7-18(20(9-14)32-35)28-22(34)23-30-31-24(37-23)29-19-11-16(26)15(25)10-17(19)27/h6-7,10-14H,2-5,8-9H2,1H3,(H,28,34)(H,29,31)/t12-,13-,14?. The summed E-state index contributed by atoms with van der Waals surface area (Å²) in [5.74, 6) is -4.65. The van der Waals surface area contributed by atoms with Gasteiger partial charge < -0.3 is 19.8 Å². The Bertz CT molecular complexity index is 1250. The van der Waals surface area contributed by atoms with Crippen LogP contribution in [0.5, 0.6) is 0 Å². The number of rotatable bonds is 8. The van der Waals surface area contributed by atoms with Gasteiger partial charge in [0.25, 0.3) is 0 Å². The van der Waals surface area contributed by atoms with E-state index in [4.69, 9.17) is 9.15 Å². The Kier molecular flexibility index (Phi) is 7.99. The number of carbonyl (C=O) groups is 2. The van der Waals surface area contributed by atoms with Gasteiger partial charge in [-0.1, -0.05) is 11.2 Å². The molecule has 0 saturated heterocycles. The number of ether oxygens (including phenoxy) is 1. The number of nitroso groups, excluding NO2 is 1. The number of esters is 1. The van der Waals surface area contributed by atoms with Crippen LogP contribution in [0.2, 0.25) is 0 Å². The minimum atomic E-state index is -1.37. The first-order valence-electron chi connectivity index (χ1n) is 11.6. The summed E-state index contributed by atoms with van der Waals surface area (Å²) in [6.07, 6.45) is 7.86. The molecule has 1 heterocycles. The van der Waals surface area contributed by atoms with Crippen molar-refractivity contribution >= 4 is 23.6 Å². The Hall–Kier alpha value is -4.03. The molecule has 0 radical (unpaired) electrons. The SMILES string of the molecule is COC(=O)C[C@H]1CC[C@H](C2C=CC(NC(=O)c3nnc(Nc4cc(F)c(F)cc4F)o3)=C(N=O)C2)CC1. The van der Waals surface area contributed by atoms with Crippen LogP contribution in [-0.4, -0.2) is 29.2 Å². The molecule has 4 rings (SSSR count). The third-order valence-electron chi connectivity index (χ3n) is 6.66. The van der Waals surface area contributed by atoms with Crippen LogP contribution in [0.25, 0.3) is 0 Å². The van der Waals surface area contributed by atoms with Crippen molar-refractivity contribution in [1.82, 2.24) is 15.5 Å². The van der Waals surface area contributed by atoms with Crippen LogP contribution in [0.4, 0.5) is 24.9 Å². The number of methoxy groups -OCH3 is 1. The first-order chi connectivity index (χ1) is 17.8. The van der Waals surface area contributed by atoms with Gasteiger partial charge in [-0.15, -0.1) is 10.0 Å². The minimum Gasteiger partial charge on any atom is -0.469 e. The molecular weight excluding hydrogens is 495 g/mol. The summed E-state index contributed by atoms with van der Waals surface area (Å²) in [6.45, 7) is 0. The molecule has 10 nitrogen and oxygen atoms in total. The van der Waals surface area contributed by atoms with Crippen molar-refractivity contribution in [2.75, 3.05) is 12.4 Å². The maximum Gasteiger partial charge on any atom is 0.320 e. The zero-order valence-electron chi connectivity index (χ0n) is 19.8. The molecule has 0 aliphatic heterocycles. The third-order valence-corrected chi connectivity index (χ3v) is 6.66. The van der Waals surface area contributed by atoms with E-state index in [-0.39, 0.29) is 29.2 Å². The van der Waals surface area contributed by atoms with E-state index >= 15 is 0 Å². The first-order valence-corrected chi connectivity index (χ1v) is 11.6. The van der Waals surface area contributed by atoms with Gasteiger partial charge in [-0.2, -0.15) is 0 Å². The summed E-state index contributed by atoms with van der Waals surface area (Å²) >= 11 is 0. The number of amides is 1. The highest BCUT2D eigenvalue weighted by atomic mass is 19.2. The van der Waals surface area contributed by atoms with Crippen molar-refractivity contribution < 1.29 is 31.9 Å². The zero-order chi connectivity index (χ0) is 26.5. The van der Waals surface area contributed by atoms with Crippen LogP contribution in [0.1, 0.15) is 49.2 Å². The summed E-state index contributed by atoms with van der Waals surface area (Å²) in [7, 11) is 1.38. The molecular formula is C24H24F3N5O5. The van der Waals surface area contributed by atoms with Crippen LogP contribution in [0.3, 0.4) is 0 Å². The number of hydrogen-bond donors (Lipinski definition) is 2. The topological polar surface area (TPSA) is 136 Å². The number of benzene rings is 1. The Labute approximate surface area is 209 Å². The number of halogens is 3. The number of nitrogens with one attached hydrogen (secondary N) is 2. The third kappa shape index (κ3) is 6.22. The summed E-state index contributed by atoms with van der Waals surface area (Å²) in [4.78, 5) is 35.6. The van der Waals surface area contributed by atoms with E-state index in [9.17, 15) is 27.7 Å². The van der Waals surface area contributed by atoms with Gasteiger partial charge in [-0.25, -0.2) is 13.2 Å². The highest BCUT2D eigenvalue weighted by molar-refractivity contribution is 5.91. The van der Waals surface area contributed by atoms with E-state index in [0.717, 1.165) is 25.7 Å². The molecule has 2 aliphatic rings. The number of hydrogen-bond acceptors (Lipinski definition) is 9. The predicted molar refractivity (Wildman–Crippen MR) is 124 cm³/mol. The van der Waals surface area contributed by atoms with E-state index in [1.165, 1.54) is 7.11 Å². The quantitative estimate of drug-likeness (QED) is 0.286. The summed E-state index contributed by atoms with van der Waals surface area (Å²) < 4.78 is 50.1. The lowest BCUT2D eigenvalue weighted by atomic mass is 9.72. The fraction of sp³-hybridized carbons (Fsp3) is 0.417. The van der Waals surface area contributed by atoms with Crippen molar-refractivity contribution in [3.05, 3.63) is 63.9 Å². The molecule has 0 bridgehead atoms. The van der Waals surface area contributed by atoms with Crippen molar-refractivity contribution in [3.63, 3.8) is 0 Å². The molecule has 2 aromatic rings. The number of nitrogens with zero attached hydrogens (tertiary/aromatic N) is 3. The van der Waals surface area contributed by atoms with Crippen molar-refractivity contribution in [3.8, 4) is 0 Å². The molecule has 13 heteroatoms. The molecule has 1 atom stereocenters. The van der Waals surface area contributed by atoms with Crippen molar-refractivity contribution in [2.45, 2.75) is 38.5 Å². The van der Waals surface area contributed by atoms with Gasteiger partial charge in [0.15, 0.2) is 11.6 Å². The summed E-state index contributed by atoms with van der Waals surface area (Å²) in [5, 5.41) is 15.0. The van der Waals surface area contributed by atoms with E-state index in [1.54, 1.807) is 6.08 Å². The Balaban J connectivity index is 1.35. The van der Waals surface area contributed by atoms with Gasteiger partial charge in [0.2, 0.25) is 0 Å².